The molecule has 132 valence electrons. The first kappa shape index (κ1) is 17.8. The molecule has 2 aromatic carbocycles. The van der Waals surface area contributed by atoms with Gasteiger partial charge in [-0.15, -0.1) is 0 Å². The van der Waals surface area contributed by atoms with Crippen molar-refractivity contribution < 1.29 is 9.90 Å². The van der Waals surface area contributed by atoms with E-state index in [1.807, 2.05) is 50.2 Å². The van der Waals surface area contributed by atoms with Gasteiger partial charge < -0.3 is 5.11 Å². The molecule has 0 aliphatic heterocycles. The van der Waals surface area contributed by atoms with Gasteiger partial charge in [0, 0.05) is 23.1 Å². The molecule has 1 N–H and O–H groups in total. The number of aromatic nitrogens is 1. The lowest BCUT2D eigenvalue weighted by molar-refractivity contribution is 0.0696. The Kier molecular flexibility index (Phi) is 5.14. The van der Waals surface area contributed by atoms with Gasteiger partial charge in [-0.1, -0.05) is 59.4 Å². The fourth-order valence-electron chi connectivity index (χ4n) is 2.55. The molecule has 0 saturated heterocycles. The maximum Gasteiger partial charge on any atom is 0.336 e. The SMILES string of the molecule is Cc1ccc(C=NN(C)c2nc(-c3ccccc3)c(C)s2)c(C(=O)O)c1. The summed E-state index contributed by atoms with van der Waals surface area (Å²) in [5, 5.41) is 16.1. The Morgan fingerprint density at radius 2 is 1.92 bits per heavy atom. The Hall–Kier alpha value is -2.99. The number of hydrogen-bond donors (Lipinski definition) is 1. The highest BCUT2D eigenvalue weighted by atomic mass is 32.1. The summed E-state index contributed by atoms with van der Waals surface area (Å²) >= 11 is 1.55. The fraction of sp³-hybridized carbons (Fsp3) is 0.150. The standard InChI is InChI=1S/C20H19N3O2S/c1-13-9-10-16(17(11-13)19(24)25)12-21-23(3)20-22-18(14(2)26-20)15-7-5-4-6-8-15/h4-12H,1-3H3,(H,24,25). The van der Waals surface area contributed by atoms with E-state index in [-0.39, 0.29) is 5.56 Å². The zero-order chi connectivity index (χ0) is 18.7. The van der Waals surface area contributed by atoms with Crippen LogP contribution in [0.3, 0.4) is 0 Å². The molecule has 0 aliphatic rings. The van der Waals surface area contributed by atoms with E-state index in [1.54, 1.807) is 41.7 Å². The third kappa shape index (κ3) is 3.81. The van der Waals surface area contributed by atoms with Crippen molar-refractivity contribution in [3.8, 4) is 11.3 Å². The average molecular weight is 365 g/mol. The molecule has 0 radical (unpaired) electrons. The summed E-state index contributed by atoms with van der Waals surface area (Å²) in [5.41, 5.74) is 3.70. The summed E-state index contributed by atoms with van der Waals surface area (Å²) in [4.78, 5) is 17.2. The minimum atomic E-state index is -0.964. The molecule has 1 heterocycles. The zero-order valence-electron chi connectivity index (χ0n) is 14.8. The van der Waals surface area contributed by atoms with E-state index in [4.69, 9.17) is 0 Å². The normalized spacial score (nSPS) is 11.0. The number of hydrazone groups is 1. The number of carboxylic acid groups (broad SMARTS) is 1. The van der Waals surface area contributed by atoms with Crippen molar-refractivity contribution in [3.63, 3.8) is 0 Å². The molecule has 3 rings (SSSR count). The predicted molar refractivity (Wildman–Crippen MR) is 106 cm³/mol. The lowest BCUT2D eigenvalue weighted by Crippen LogP contribution is -2.10. The molecule has 3 aromatic rings. The Balaban J connectivity index is 1.86. The van der Waals surface area contributed by atoms with Crippen LogP contribution in [0.5, 0.6) is 0 Å². The Morgan fingerprint density at radius 1 is 1.19 bits per heavy atom. The molecule has 5 nitrogen and oxygen atoms in total. The highest BCUT2D eigenvalue weighted by Crippen LogP contribution is 2.31. The van der Waals surface area contributed by atoms with Crippen LogP contribution in [-0.2, 0) is 0 Å². The maximum atomic E-state index is 11.4. The van der Waals surface area contributed by atoms with Gasteiger partial charge in [0.15, 0.2) is 0 Å². The lowest BCUT2D eigenvalue weighted by Gasteiger charge is -2.09. The summed E-state index contributed by atoms with van der Waals surface area (Å²) in [5.74, 6) is -0.964. The molecule has 0 fully saturated rings. The highest BCUT2D eigenvalue weighted by molar-refractivity contribution is 7.16. The van der Waals surface area contributed by atoms with Crippen LogP contribution in [0, 0.1) is 13.8 Å². The summed E-state index contributed by atoms with van der Waals surface area (Å²) in [6, 6.07) is 15.3. The van der Waals surface area contributed by atoms with Crippen LogP contribution in [-0.4, -0.2) is 29.3 Å². The van der Waals surface area contributed by atoms with E-state index < -0.39 is 5.97 Å². The first-order valence-corrected chi connectivity index (χ1v) is 8.92. The molecule has 0 atom stereocenters. The zero-order valence-corrected chi connectivity index (χ0v) is 15.6. The molecule has 0 unspecified atom stereocenters. The monoisotopic (exact) mass is 365 g/mol. The number of nitrogens with zero attached hydrogens (tertiary/aromatic N) is 3. The van der Waals surface area contributed by atoms with Crippen molar-refractivity contribution in [2.75, 3.05) is 12.1 Å². The maximum absolute atomic E-state index is 11.4. The molecule has 0 saturated carbocycles. The van der Waals surface area contributed by atoms with E-state index in [1.165, 1.54) is 0 Å². The van der Waals surface area contributed by atoms with Crippen LogP contribution in [0.1, 0.15) is 26.4 Å². The molecule has 0 bridgehead atoms. The van der Waals surface area contributed by atoms with Crippen molar-refractivity contribution in [1.82, 2.24) is 4.98 Å². The second-order valence-corrected chi connectivity index (χ2v) is 7.11. The van der Waals surface area contributed by atoms with Gasteiger partial charge in [0.2, 0.25) is 5.13 Å². The minimum Gasteiger partial charge on any atom is -0.478 e. The van der Waals surface area contributed by atoms with E-state index in [2.05, 4.69) is 10.1 Å². The van der Waals surface area contributed by atoms with E-state index in [9.17, 15) is 9.90 Å². The molecule has 1 aromatic heterocycles. The number of rotatable bonds is 5. The molecular weight excluding hydrogens is 346 g/mol. The Bertz CT molecular complexity index is 964. The largest absolute Gasteiger partial charge is 0.478 e. The lowest BCUT2D eigenvalue weighted by atomic mass is 10.1. The molecule has 0 amide bonds. The van der Waals surface area contributed by atoms with Crippen molar-refractivity contribution in [2.24, 2.45) is 5.10 Å². The molecule has 6 heteroatoms. The second kappa shape index (κ2) is 7.49. The summed E-state index contributed by atoms with van der Waals surface area (Å²) in [6.07, 6.45) is 1.56. The number of carbonyl (C=O) groups is 1. The average Bonchev–Trinajstić information content (AvgIpc) is 3.03. The topological polar surface area (TPSA) is 65.8 Å². The van der Waals surface area contributed by atoms with Crippen molar-refractivity contribution in [2.45, 2.75) is 13.8 Å². The first-order valence-electron chi connectivity index (χ1n) is 8.10. The predicted octanol–water partition coefficient (Wildman–Crippen LogP) is 4.60. The van der Waals surface area contributed by atoms with E-state index in [0.29, 0.717) is 5.56 Å². The third-order valence-corrected chi connectivity index (χ3v) is 4.96. The van der Waals surface area contributed by atoms with Crippen LogP contribution in [0.2, 0.25) is 0 Å². The first-order chi connectivity index (χ1) is 12.5. The number of benzene rings is 2. The number of thiazole rings is 1. The number of carboxylic acids is 1. The number of aromatic carboxylic acids is 1. The highest BCUT2D eigenvalue weighted by Gasteiger charge is 2.13. The second-order valence-electron chi connectivity index (χ2n) is 5.93. The fourth-order valence-corrected chi connectivity index (χ4v) is 3.40. The van der Waals surface area contributed by atoms with E-state index >= 15 is 0 Å². The van der Waals surface area contributed by atoms with E-state index in [0.717, 1.165) is 26.8 Å². The van der Waals surface area contributed by atoms with Crippen molar-refractivity contribution in [1.29, 1.82) is 0 Å². The Morgan fingerprint density at radius 3 is 2.62 bits per heavy atom. The number of aryl methyl sites for hydroxylation is 2. The Labute approximate surface area is 156 Å². The summed E-state index contributed by atoms with van der Waals surface area (Å²) < 4.78 is 0. The molecule has 0 spiro atoms. The van der Waals surface area contributed by atoms with Crippen LogP contribution >= 0.6 is 11.3 Å². The van der Waals surface area contributed by atoms with Gasteiger partial charge in [0.05, 0.1) is 17.5 Å². The van der Waals surface area contributed by atoms with Crippen LogP contribution in [0.4, 0.5) is 5.13 Å². The van der Waals surface area contributed by atoms with Gasteiger partial charge in [-0.2, -0.15) is 5.10 Å². The van der Waals surface area contributed by atoms with Gasteiger partial charge in [0.25, 0.3) is 0 Å². The molecule has 0 aliphatic carbocycles. The van der Waals surface area contributed by atoms with Gasteiger partial charge in [-0.05, 0) is 19.9 Å². The van der Waals surface area contributed by atoms with Gasteiger partial charge in [-0.3, -0.25) is 0 Å². The van der Waals surface area contributed by atoms with Gasteiger partial charge in [0.1, 0.15) is 0 Å². The minimum absolute atomic E-state index is 0.238. The number of anilines is 1. The van der Waals surface area contributed by atoms with Crippen molar-refractivity contribution >= 4 is 28.7 Å². The summed E-state index contributed by atoms with van der Waals surface area (Å²) in [7, 11) is 1.80. The third-order valence-electron chi connectivity index (χ3n) is 3.92. The van der Waals surface area contributed by atoms with Crippen LogP contribution in [0.25, 0.3) is 11.3 Å². The van der Waals surface area contributed by atoms with Gasteiger partial charge >= 0.3 is 5.97 Å². The summed E-state index contributed by atoms with van der Waals surface area (Å²) in [6.45, 7) is 3.90. The van der Waals surface area contributed by atoms with Crippen LogP contribution < -0.4 is 5.01 Å². The quantitative estimate of drug-likeness (QED) is 0.530. The van der Waals surface area contributed by atoms with Gasteiger partial charge in [-0.25, -0.2) is 14.8 Å². The smallest absolute Gasteiger partial charge is 0.336 e. The number of hydrogen-bond acceptors (Lipinski definition) is 5. The molecule has 26 heavy (non-hydrogen) atoms. The van der Waals surface area contributed by atoms with Crippen molar-refractivity contribution in [3.05, 3.63) is 70.1 Å². The molecular formula is C20H19N3O2S. The van der Waals surface area contributed by atoms with Crippen LogP contribution in [0.15, 0.2) is 53.6 Å².